The van der Waals surface area contributed by atoms with E-state index in [2.05, 4.69) is 21.7 Å². The van der Waals surface area contributed by atoms with Crippen molar-refractivity contribution in [1.29, 1.82) is 0 Å². The minimum absolute atomic E-state index is 0.00836. The fourth-order valence-corrected chi connectivity index (χ4v) is 7.27. The van der Waals surface area contributed by atoms with Crippen molar-refractivity contribution in [3.63, 3.8) is 0 Å². The second-order valence-corrected chi connectivity index (χ2v) is 11.2. The number of carbonyl (C=O) groups is 1. The zero-order valence-electron chi connectivity index (χ0n) is 18.1. The number of allylic oxidation sites excluding steroid dienone is 2. The fourth-order valence-electron chi connectivity index (χ4n) is 6.23. The summed E-state index contributed by atoms with van der Waals surface area (Å²) >= 11 is 0. The lowest BCUT2D eigenvalue weighted by molar-refractivity contribution is 0.0912. The summed E-state index contributed by atoms with van der Waals surface area (Å²) in [5, 5.41) is 8.81. The molecule has 0 spiro atoms. The molecule has 4 rings (SSSR count). The smallest absolute Gasteiger partial charge is 0.256 e. The molecule has 0 aliphatic heterocycles. The average molecular weight is 449 g/mol. The van der Waals surface area contributed by atoms with Gasteiger partial charge in [-0.1, -0.05) is 12.7 Å². The molecule has 9 nitrogen and oxygen atoms in total. The number of carbonyl (C=O) groups excluding carboxylic acids is 1. The number of anilines is 1. The predicted molar refractivity (Wildman–Crippen MR) is 119 cm³/mol. The Kier molecular flexibility index (Phi) is 5.74. The van der Waals surface area contributed by atoms with Crippen LogP contribution in [0.15, 0.2) is 31.1 Å². The number of amides is 1. The van der Waals surface area contributed by atoms with Gasteiger partial charge in [0, 0.05) is 24.8 Å². The molecule has 3 bridgehead atoms. The highest BCUT2D eigenvalue weighted by molar-refractivity contribution is 7.88. The number of nitrogens with two attached hydrogens (primary N) is 1. The van der Waals surface area contributed by atoms with Crippen LogP contribution in [-0.2, 0) is 17.1 Å². The van der Waals surface area contributed by atoms with Crippen molar-refractivity contribution in [3.8, 4) is 0 Å². The first-order valence-electron chi connectivity index (χ1n) is 10.8. The van der Waals surface area contributed by atoms with Crippen molar-refractivity contribution in [1.82, 2.24) is 19.8 Å². The standard InChI is InChI=1S/C21H32N6O3S/c1-4-5-8-27(22)20-17(13-23-26(20)2)19(28)24-18-7-6-14-9-15-11-21(10-14,12-16(15)18)25-31(3,29)30/h4-5,8,13-16,18,25H,1,6-7,9-12,22H2,2-3H3,(H,24,28)/b8-5-. The lowest BCUT2D eigenvalue weighted by Gasteiger charge is -2.38. The van der Waals surface area contributed by atoms with Crippen LogP contribution in [0.3, 0.4) is 0 Å². The maximum Gasteiger partial charge on any atom is 0.256 e. The minimum Gasteiger partial charge on any atom is -0.349 e. The minimum atomic E-state index is -3.28. The number of hydrazine groups is 1. The normalized spacial score (nSPS) is 32.2. The van der Waals surface area contributed by atoms with Gasteiger partial charge in [-0.05, 0) is 62.4 Å². The molecule has 3 aliphatic carbocycles. The maximum atomic E-state index is 13.2. The Morgan fingerprint density at radius 2 is 2.16 bits per heavy atom. The van der Waals surface area contributed by atoms with E-state index in [9.17, 15) is 13.2 Å². The highest BCUT2D eigenvalue weighted by Crippen LogP contribution is 2.55. The average Bonchev–Trinajstić information content (AvgIpc) is 3.14. The van der Waals surface area contributed by atoms with Gasteiger partial charge in [0.1, 0.15) is 5.56 Å². The van der Waals surface area contributed by atoms with E-state index in [-0.39, 0.29) is 23.4 Å². The summed E-state index contributed by atoms with van der Waals surface area (Å²) in [6.45, 7) is 3.63. The van der Waals surface area contributed by atoms with Gasteiger partial charge in [-0.3, -0.25) is 14.5 Å². The third-order valence-corrected chi connectivity index (χ3v) is 7.90. The Bertz CT molecular complexity index is 1000. The molecule has 5 atom stereocenters. The molecule has 10 heteroatoms. The molecule has 0 aromatic carbocycles. The fraction of sp³-hybridized carbons (Fsp3) is 0.619. The summed E-state index contributed by atoms with van der Waals surface area (Å²) in [6.07, 6.45) is 13.2. The molecule has 3 fully saturated rings. The molecule has 0 radical (unpaired) electrons. The third kappa shape index (κ3) is 4.42. The molecule has 170 valence electrons. The number of nitrogens with zero attached hydrogens (tertiary/aromatic N) is 3. The van der Waals surface area contributed by atoms with Crippen molar-refractivity contribution >= 4 is 21.7 Å². The summed E-state index contributed by atoms with van der Waals surface area (Å²) in [7, 11) is -1.55. The van der Waals surface area contributed by atoms with Crippen LogP contribution in [0.25, 0.3) is 0 Å². The van der Waals surface area contributed by atoms with Gasteiger partial charge >= 0.3 is 0 Å². The number of hydrogen-bond donors (Lipinski definition) is 3. The summed E-state index contributed by atoms with van der Waals surface area (Å²) in [4.78, 5) is 13.2. The van der Waals surface area contributed by atoms with Gasteiger partial charge < -0.3 is 5.32 Å². The summed E-state index contributed by atoms with van der Waals surface area (Å²) in [5.41, 5.74) is 0.0461. The van der Waals surface area contributed by atoms with Crippen LogP contribution in [-0.4, -0.2) is 41.9 Å². The van der Waals surface area contributed by atoms with Crippen molar-refractivity contribution in [3.05, 3.63) is 36.7 Å². The number of sulfonamides is 1. The molecule has 1 amide bonds. The van der Waals surface area contributed by atoms with Crippen molar-refractivity contribution in [2.75, 3.05) is 11.3 Å². The topological polar surface area (TPSA) is 122 Å². The van der Waals surface area contributed by atoms with Gasteiger partial charge in [0.2, 0.25) is 10.0 Å². The van der Waals surface area contributed by atoms with Crippen LogP contribution in [0.4, 0.5) is 5.82 Å². The van der Waals surface area contributed by atoms with Gasteiger partial charge in [0.25, 0.3) is 5.91 Å². The van der Waals surface area contributed by atoms with Gasteiger partial charge in [-0.15, -0.1) is 0 Å². The summed E-state index contributed by atoms with van der Waals surface area (Å²) in [6, 6.07) is 0.00836. The third-order valence-electron chi connectivity index (χ3n) is 7.10. The van der Waals surface area contributed by atoms with Gasteiger partial charge in [0.05, 0.1) is 12.5 Å². The van der Waals surface area contributed by atoms with Crippen LogP contribution in [0.2, 0.25) is 0 Å². The van der Waals surface area contributed by atoms with E-state index in [0.717, 1.165) is 38.5 Å². The van der Waals surface area contributed by atoms with Crippen molar-refractivity contribution in [2.45, 2.75) is 50.1 Å². The number of aryl methyl sites for hydroxylation is 1. The zero-order chi connectivity index (χ0) is 22.4. The number of hydrogen-bond acceptors (Lipinski definition) is 6. The summed E-state index contributed by atoms with van der Waals surface area (Å²) in [5.74, 6) is 7.57. The van der Waals surface area contributed by atoms with E-state index in [4.69, 9.17) is 5.84 Å². The monoisotopic (exact) mass is 448 g/mol. The van der Waals surface area contributed by atoms with E-state index in [1.165, 1.54) is 17.5 Å². The first kappa shape index (κ1) is 22.0. The molecule has 3 saturated carbocycles. The Balaban J connectivity index is 1.54. The Labute approximate surface area is 183 Å². The Morgan fingerprint density at radius 3 is 2.87 bits per heavy atom. The number of rotatable bonds is 7. The van der Waals surface area contributed by atoms with Gasteiger partial charge in [-0.25, -0.2) is 19.0 Å². The second-order valence-electron chi connectivity index (χ2n) is 9.44. The number of aromatic nitrogens is 2. The zero-order valence-corrected chi connectivity index (χ0v) is 18.9. The molecule has 4 N–H and O–H groups in total. The van der Waals surface area contributed by atoms with Gasteiger partial charge in [-0.2, -0.15) is 5.10 Å². The van der Waals surface area contributed by atoms with E-state index in [1.807, 2.05) is 0 Å². The Hall–Kier alpha value is -2.17. The molecular weight excluding hydrogens is 416 g/mol. The van der Waals surface area contributed by atoms with E-state index in [0.29, 0.717) is 23.2 Å². The van der Waals surface area contributed by atoms with E-state index < -0.39 is 10.0 Å². The highest BCUT2D eigenvalue weighted by Gasteiger charge is 2.55. The first-order valence-corrected chi connectivity index (χ1v) is 12.6. The van der Waals surface area contributed by atoms with Crippen LogP contribution in [0, 0.1) is 17.8 Å². The number of nitrogens with one attached hydrogen (secondary N) is 2. The van der Waals surface area contributed by atoms with Crippen molar-refractivity contribution in [2.24, 2.45) is 30.6 Å². The lowest BCUT2D eigenvalue weighted by Crippen LogP contribution is -2.50. The largest absolute Gasteiger partial charge is 0.349 e. The molecule has 1 heterocycles. The SMILES string of the molecule is C=C/C=C\N(N)c1c(C(=O)NC2CCC3CC4CC(NS(C)(=O)=O)(C3)CC42)cnn1C. The second kappa shape index (κ2) is 8.07. The maximum absolute atomic E-state index is 13.2. The first-order chi connectivity index (χ1) is 14.6. The quantitative estimate of drug-likeness (QED) is 0.329. The van der Waals surface area contributed by atoms with Crippen molar-refractivity contribution < 1.29 is 13.2 Å². The van der Waals surface area contributed by atoms with E-state index in [1.54, 1.807) is 30.1 Å². The lowest BCUT2D eigenvalue weighted by atomic mass is 9.76. The molecular formula is C21H32N6O3S. The van der Waals surface area contributed by atoms with Crippen LogP contribution in [0.1, 0.15) is 48.9 Å². The molecule has 1 aromatic rings. The highest BCUT2D eigenvalue weighted by atomic mass is 32.2. The van der Waals surface area contributed by atoms with Crippen LogP contribution in [0.5, 0.6) is 0 Å². The summed E-state index contributed by atoms with van der Waals surface area (Å²) < 4.78 is 28.5. The number of fused-ring (bicyclic) bond motifs is 2. The molecule has 3 aliphatic rings. The predicted octanol–water partition coefficient (Wildman–Crippen LogP) is 1.42. The molecule has 1 aromatic heterocycles. The molecule has 31 heavy (non-hydrogen) atoms. The molecule has 5 unspecified atom stereocenters. The Morgan fingerprint density at radius 1 is 1.39 bits per heavy atom. The van der Waals surface area contributed by atoms with Crippen LogP contribution >= 0.6 is 0 Å². The molecule has 0 saturated heterocycles. The van der Waals surface area contributed by atoms with Crippen LogP contribution < -0.4 is 20.9 Å². The van der Waals surface area contributed by atoms with Gasteiger partial charge in [0.15, 0.2) is 5.82 Å². The van der Waals surface area contributed by atoms with E-state index >= 15 is 0 Å².